The molecule has 2 saturated heterocycles. The molecule has 0 spiro atoms. The topological polar surface area (TPSA) is 0 Å². The van der Waals surface area contributed by atoms with Crippen LogP contribution < -0.4 is 0 Å². The fourth-order valence-electron chi connectivity index (χ4n) is 3.64. The summed E-state index contributed by atoms with van der Waals surface area (Å²) in [5.74, 6) is 2.75. The molecule has 2 aliphatic heterocycles. The molecular weight excluding hydrogens is 242 g/mol. The molecule has 0 radical (unpaired) electrons. The molecular formula is C15H28P2. The van der Waals surface area contributed by atoms with Crippen LogP contribution in [0.1, 0.15) is 60.3 Å². The Hall–Kier alpha value is 0.600. The second-order valence-electron chi connectivity index (χ2n) is 6.18. The van der Waals surface area contributed by atoms with E-state index >= 15 is 0 Å². The molecule has 0 bridgehead atoms. The van der Waals surface area contributed by atoms with Gasteiger partial charge in [-0.25, -0.2) is 0 Å². The zero-order chi connectivity index (χ0) is 12.6. The minimum absolute atomic E-state index is 0.193. The van der Waals surface area contributed by atoms with Crippen molar-refractivity contribution in [3.63, 3.8) is 0 Å². The largest absolute Gasteiger partial charge is 0.0771 e. The van der Waals surface area contributed by atoms with Crippen molar-refractivity contribution < 1.29 is 0 Å². The van der Waals surface area contributed by atoms with Gasteiger partial charge in [0.15, 0.2) is 0 Å². The van der Waals surface area contributed by atoms with Gasteiger partial charge in [-0.2, -0.15) is 0 Å². The van der Waals surface area contributed by atoms with Crippen LogP contribution in [0.15, 0.2) is 11.1 Å². The van der Waals surface area contributed by atoms with E-state index in [0.29, 0.717) is 0 Å². The maximum absolute atomic E-state index is 2.75. The van der Waals surface area contributed by atoms with Crippen LogP contribution in [0, 0.1) is 0 Å². The lowest BCUT2D eigenvalue weighted by Gasteiger charge is -2.25. The Morgan fingerprint density at radius 2 is 1.24 bits per heavy atom. The minimum Gasteiger partial charge on any atom is -0.0771 e. The highest BCUT2D eigenvalue weighted by atomic mass is 31.1. The van der Waals surface area contributed by atoms with Crippen molar-refractivity contribution in [1.29, 1.82) is 0 Å². The summed E-state index contributed by atoms with van der Waals surface area (Å²) in [7, 11) is 0.387. The number of rotatable bonds is 2. The summed E-state index contributed by atoms with van der Waals surface area (Å²) in [5, 5.41) is 1.80. The van der Waals surface area contributed by atoms with Crippen molar-refractivity contribution in [2.24, 2.45) is 0 Å². The van der Waals surface area contributed by atoms with Gasteiger partial charge in [-0.15, -0.1) is 0 Å². The minimum atomic E-state index is 0.193. The molecule has 2 heteroatoms. The fraction of sp³-hybridized carbons (Fsp3) is 0.867. The fourth-order valence-corrected chi connectivity index (χ4v) is 10.4. The highest BCUT2D eigenvalue weighted by Gasteiger charge is 2.33. The molecule has 4 atom stereocenters. The lowest BCUT2D eigenvalue weighted by Crippen LogP contribution is -1.99. The van der Waals surface area contributed by atoms with E-state index in [2.05, 4.69) is 40.4 Å². The summed E-state index contributed by atoms with van der Waals surface area (Å²) in [6, 6.07) is 0. The predicted octanol–water partition coefficient (Wildman–Crippen LogP) is 5.95. The lowest BCUT2D eigenvalue weighted by atomic mass is 10.2. The SMILES string of the molecule is C/C(=C/P1[C@H](C)CC[C@H]1C)P1[C@H](C)CC[C@H]1C. The zero-order valence-electron chi connectivity index (χ0n) is 12.1. The summed E-state index contributed by atoms with van der Waals surface area (Å²) in [6.07, 6.45) is 5.89. The second-order valence-corrected chi connectivity index (χ2v) is 12.4. The van der Waals surface area contributed by atoms with Gasteiger partial charge in [0, 0.05) is 0 Å². The first kappa shape index (κ1) is 14.0. The van der Waals surface area contributed by atoms with Crippen LogP contribution >= 0.6 is 15.8 Å². The van der Waals surface area contributed by atoms with Crippen molar-refractivity contribution in [2.45, 2.75) is 82.9 Å². The van der Waals surface area contributed by atoms with Gasteiger partial charge in [0.25, 0.3) is 0 Å². The molecule has 0 saturated carbocycles. The Kier molecular flexibility index (Phi) is 4.71. The Labute approximate surface area is 110 Å². The Bertz CT molecular complexity index is 277. The quantitative estimate of drug-likeness (QED) is 0.544. The molecule has 98 valence electrons. The van der Waals surface area contributed by atoms with Crippen LogP contribution in [0.3, 0.4) is 0 Å². The Morgan fingerprint density at radius 3 is 1.71 bits per heavy atom. The molecule has 2 rings (SSSR count). The zero-order valence-corrected chi connectivity index (χ0v) is 13.9. The maximum atomic E-state index is 2.75. The number of hydrogen-bond acceptors (Lipinski definition) is 0. The molecule has 0 aromatic heterocycles. The monoisotopic (exact) mass is 270 g/mol. The molecule has 0 aromatic rings. The second kappa shape index (κ2) is 5.71. The van der Waals surface area contributed by atoms with Gasteiger partial charge in [-0.3, -0.25) is 0 Å². The van der Waals surface area contributed by atoms with E-state index in [0.717, 1.165) is 22.6 Å². The van der Waals surface area contributed by atoms with E-state index in [1.807, 2.05) is 0 Å². The molecule has 0 aliphatic carbocycles. The molecule has 0 amide bonds. The molecule has 0 unspecified atom stereocenters. The molecule has 0 nitrogen and oxygen atoms in total. The van der Waals surface area contributed by atoms with Crippen LogP contribution in [0.25, 0.3) is 0 Å². The van der Waals surface area contributed by atoms with E-state index in [4.69, 9.17) is 0 Å². The van der Waals surface area contributed by atoms with Gasteiger partial charge in [0.2, 0.25) is 0 Å². The highest BCUT2D eigenvalue weighted by molar-refractivity contribution is 7.67. The van der Waals surface area contributed by atoms with Crippen molar-refractivity contribution >= 4 is 15.8 Å². The van der Waals surface area contributed by atoms with E-state index in [9.17, 15) is 0 Å². The highest BCUT2D eigenvalue weighted by Crippen LogP contribution is 2.65. The van der Waals surface area contributed by atoms with E-state index < -0.39 is 0 Å². The summed E-state index contributed by atoms with van der Waals surface area (Å²) in [4.78, 5) is 0. The predicted molar refractivity (Wildman–Crippen MR) is 83.9 cm³/mol. The van der Waals surface area contributed by atoms with Crippen LogP contribution in [-0.2, 0) is 0 Å². The molecule has 0 N–H and O–H groups in total. The Balaban J connectivity index is 2.10. The summed E-state index contributed by atoms with van der Waals surface area (Å²) >= 11 is 0. The summed E-state index contributed by atoms with van der Waals surface area (Å²) < 4.78 is 0. The third-order valence-electron chi connectivity index (χ3n) is 4.72. The smallest absolute Gasteiger partial charge is 0.0198 e. The van der Waals surface area contributed by atoms with Gasteiger partial charge in [0.1, 0.15) is 0 Å². The average Bonchev–Trinajstić information content (AvgIpc) is 2.75. The third-order valence-corrected chi connectivity index (χ3v) is 11.5. The van der Waals surface area contributed by atoms with E-state index in [1.54, 1.807) is 5.31 Å². The molecule has 2 aliphatic rings. The van der Waals surface area contributed by atoms with Gasteiger partial charge in [-0.05, 0) is 60.6 Å². The first-order valence-corrected chi connectivity index (χ1v) is 10.3. The van der Waals surface area contributed by atoms with E-state index in [-0.39, 0.29) is 15.8 Å². The molecule has 0 aromatic carbocycles. The lowest BCUT2D eigenvalue weighted by molar-refractivity contribution is 0.777. The van der Waals surface area contributed by atoms with Gasteiger partial charge < -0.3 is 0 Å². The maximum Gasteiger partial charge on any atom is -0.0198 e. The van der Waals surface area contributed by atoms with Crippen LogP contribution in [0.2, 0.25) is 0 Å². The first-order chi connectivity index (χ1) is 8.00. The van der Waals surface area contributed by atoms with Crippen molar-refractivity contribution in [1.82, 2.24) is 0 Å². The third kappa shape index (κ3) is 2.96. The Morgan fingerprint density at radius 1 is 0.824 bits per heavy atom. The molecule has 17 heavy (non-hydrogen) atoms. The van der Waals surface area contributed by atoms with E-state index in [1.165, 1.54) is 25.7 Å². The summed E-state index contributed by atoms with van der Waals surface area (Å²) in [6.45, 7) is 12.4. The van der Waals surface area contributed by atoms with Crippen molar-refractivity contribution in [2.75, 3.05) is 0 Å². The van der Waals surface area contributed by atoms with Gasteiger partial charge in [-0.1, -0.05) is 49.4 Å². The van der Waals surface area contributed by atoms with Crippen molar-refractivity contribution in [3.05, 3.63) is 11.1 Å². The van der Waals surface area contributed by atoms with Gasteiger partial charge in [0.05, 0.1) is 0 Å². The molecule has 2 heterocycles. The standard InChI is InChI=1S/C15H28P2/c1-11-6-7-12(2)16(11)10-15(5)17-13(3)8-9-14(17)4/h10-14H,6-9H2,1-5H3/b15-10-/t11-,12-,13-,14-/m1/s1. The summed E-state index contributed by atoms with van der Waals surface area (Å²) in [5.41, 5.74) is 3.94. The van der Waals surface area contributed by atoms with Crippen LogP contribution in [0.5, 0.6) is 0 Å². The molecule has 2 fully saturated rings. The van der Waals surface area contributed by atoms with Crippen molar-refractivity contribution in [3.8, 4) is 0 Å². The van der Waals surface area contributed by atoms with Crippen LogP contribution in [0.4, 0.5) is 0 Å². The first-order valence-electron chi connectivity index (χ1n) is 7.25. The average molecular weight is 270 g/mol. The normalized spacial score (nSPS) is 41.4. The number of hydrogen-bond donors (Lipinski definition) is 0. The van der Waals surface area contributed by atoms with Gasteiger partial charge >= 0.3 is 0 Å². The van der Waals surface area contributed by atoms with Crippen LogP contribution in [-0.4, -0.2) is 22.6 Å². The number of allylic oxidation sites excluding steroid dienone is 1.